The van der Waals surface area contributed by atoms with Crippen LogP contribution in [0, 0.1) is 11.7 Å². The maximum Gasteiger partial charge on any atom is 0.319 e. The molecular weight excluding hydrogens is 307 g/mol. The van der Waals surface area contributed by atoms with E-state index in [0.717, 1.165) is 6.42 Å². The zero-order valence-electron chi connectivity index (χ0n) is 12.7. The zero-order valence-corrected chi connectivity index (χ0v) is 13.5. The molecule has 4 nitrogen and oxygen atoms in total. The highest BCUT2D eigenvalue weighted by Crippen LogP contribution is 2.26. The van der Waals surface area contributed by atoms with Crippen molar-refractivity contribution in [1.82, 2.24) is 5.32 Å². The van der Waals surface area contributed by atoms with Gasteiger partial charge in [0.2, 0.25) is 0 Å². The van der Waals surface area contributed by atoms with E-state index in [0.29, 0.717) is 30.9 Å². The Balaban J connectivity index is 1.66. The molecule has 1 aliphatic carbocycles. The fraction of sp³-hybridized carbons (Fsp3) is 0.562. The van der Waals surface area contributed by atoms with Gasteiger partial charge in [-0.2, -0.15) is 0 Å². The minimum Gasteiger partial charge on any atom is -0.376 e. The van der Waals surface area contributed by atoms with E-state index in [1.807, 2.05) is 0 Å². The van der Waals surface area contributed by atoms with Gasteiger partial charge in [0.05, 0.1) is 17.7 Å². The lowest BCUT2D eigenvalue weighted by atomic mass is 9.88. The molecule has 1 aromatic rings. The van der Waals surface area contributed by atoms with Crippen LogP contribution in [0.5, 0.6) is 0 Å². The van der Waals surface area contributed by atoms with Crippen LogP contribution >= 0.6 is 11.6 Å². The number of rotatable bonds is 5. The molecule has 1 saturated carbocycles. The van der Waals surface area contributed by atoms with E-state index in [-0.39, 0.29) is 11.1 Å². The number of anilines is 1. The molecule has 0 spiro atoms. The fourth-order valence-corrected chi connectivity index (χ4v) is 2.77. The van der Waals surface area contributed by atoms with Gasteiger partial charge in [-0.05, 0) is 37.0 Å². The number of carbonyl (C=O) groups is 1. The van der Waals surface area contributed by atoms with Crippen molar-refractivity contribution in [3.8, 4) is 0 Å². The van der Waals surface area contributed by atoms with Crippen molar-refractivity contribution in [3.05, 3.63) is 29.0 Å². The number of amides is 2. The molecule has 0 saturated heterocycles. The van der Waals surface area contributed by atoms with Gasteiger partial charge in [0.1, 0.15) is 5.82 Å². The van der Waals surface area contributed by atoms with E-state index in [1.165, 1.54) is 31.4 Å². The van der Waals surface area contributed by atoms with E-state index in [2.05, 4.69) is 17.6 Å². The molecule has 0 bridgehead atoms. The smallest absolute Gasteiger partial charge is 0.319 e. The number of halogens is 2. The lowest BCUT2D eigenvalue weighted by Gasteiger charge is -2.28. The van der Waals surface area contributed by atoms with Crippen LogP contribution in [0.4, 0.5) is 14.9 Å². The first kappa shape index (κ1) is 17.0. The summed E-state index contributed by atoms with van der Waals surface area (Å²) in [7, 11) is 0. The van der Waals surface area contributed by atoms with Crippen molar-refractivity contribution in [1.29, 1.82) is 0 Å². The Labute approximate surface area is 135 Å². The number of hydrogen-bond donors (Lipinski definition) is 2. The van der Waals surface area contributed by atoms with Gasteiger partial charge in [-0.3, -0.25) is 0 Å². The Morgan fingerprint density at radius 3 is 2.91 bits per heavy atom. The quantitative estimate of drug-likeness (QED) is 0.796. The van der Waals surface area contributed by atoms with Gasteiger partial charge in [0.25, 0.3) is 0 Å². The first-order valence-electron chi connectivity index (χ1n) is 7.68. The van der Waals surface area contributed by atoms with Gasteiger partial charge in [0, 0.05) is 12.2 Å². The molecule has 1 aliphatic rings. The molecule has 6 heteroatoms. The molecule has 22 heavy (non-hydrogen) atoms. The zero-order chi connectivity index (χ0) is 15.9. The summed E-state index contributed by atoms with van der Waals surface area (Å²) < 4.78 is 19.1. The number of ether oxygens (including phenoxy) is 1. The Morgan fingerprint density at radius 2 is 2.18 bits per heavy atom. The van der Waals surface area contributed by atoms with E-state index < -0.39 is 5.82 Å². The average molecular weight is 329 g/mol. The summed E-state index contributed by atoms with van der Waals surface area (Å²) in [5.41, 5.74) is 0.362. The average Bonchev–Trinajstić information content (AvgIpc) is 2.49. The van der Waals surface area contributed by atoms with Crippen LogP contribution in [-0.4, -0.2) is 25.3 Å². The van der Waals surface area contributed by atoms with E-state index in [1.54, 1.807) is 6.07 Å². The van der Waals surface area contributed by atoms with Crippen LogP contribution in [-0.2, 0) is 4.74 Å². The van der Waals surface area contributed by atoms with E-state index >= 15 is 0 Å². The summed E-state index contributed by atoms with van der Waals surface area (Å²) in [4.78, 5) is 11.7. The Hall–Kier alpha value is -1.33. The second-order valence-electron chi connectivity index (χ2n) is 5.68. The summed E-state index contributed by atoms with van der Waals surface area (Å²) in [6.45, 7) is 3.11. The van der Waals surface area contributed by atoms with Crippen molar-refractivity contribution in [2.45, 2.75) is 38.7 Å². The van der Waals surface area contributed by atoms with E-state index in [4.69, 9.17) is 16.3 Å². The number of hydrogen-bond acceptors (Lipinski definition) is 2. The van der Waals surface area contributed by atoms with Crippen LogP contribution in [0.3, 0.4) is 0 Å². The highest BCUT2D eigenvalue weighted by atomic mass is 35.5. The standard InChI is InChI=1S/C16H22ClFN2O2/c1-11-4-2-3-5-15(11)22-9-8-19-16(21)20-12-6-7-13(17)14(18)10-12/h6-7,10-11,15H,2-5,8-9H2,1H3,(H2,19,20,21)/t11-,15+/m1/s1. The highest BCUT2D eigenvalue weighted by Gasteiger charge is 2.21. The third-order valence-corrected chi connectivity index (χ3v) is 4.24. The van der Waals surface area contributed by atoms with Gasteiger partial charge in [-0.15, -0.1) is 0 Å². The van der Waals surface area contributed by atoms with Crippen LogP contribution in [0.25, 0.3) is 0 Å². The largest absolute Gasteiger partial charge is 0.376 e. The third kappa shape index (κ3) is 5.14. The third-order valence-electron chi connectivity index (χ3n) is 3.93. The maximum atomic E-state index is 13.3. The molecule has 0 aromatic heterocycles. The Kier molecular flexibility index (Phi) is 6.46. The molecule has 0 unspecified atom stereocenters. The van der Waals surface area contributed by atoms with Crippen molar-refractivity contribution < 1.29 is 13.9 Å². The topological polar surface area (TPSA) is 50.4 Å². The Morgan fingerprint density at radius 1 is 1.41 bits per heavy atom. The first-order chi connectivity index (χ1) is 10.6. The lowest BCUT2D eigenvalue weighted by molar-refractivity contribution is -0.00232. The fourth-order valence-electron chi connectivity index (χ4n) is 2.65. The predicted molar refractivity (Wildman–Crippen MR) is 85.8 cm³/mol. The summed E-state index contributed by atoms with van der Waals surface area (Å²) in [6, 6.07) is 3.75. The van der Waals surface area contributed by atoms with Crippen molar-refractivity contribution in [3.63, 3.8) is 0 Å². The number of benzene rings is 1. The molecule has 1 aromatic carbocycles. The Bertz CT molecular complexity index is 513. The van der Waals surface area contributed by atoms with Crippen LogP contribution < -0.4 is 10.6 Å². The molecule has 2 amide bonds. The number of nitrogens with one attached hydrogen (secondary N) is 2. The first-order valence-corrected chi connectivity index (χ1v) is 8.05. The monoisotopic (exact) mass is 328 g/mol. The molecule has 2 N–H and O–H groups in total. The summed E-state index contributed by atoms with van der Waals surface area (Å²) in [5, 5.41) is 5.27. The van der Waals surface area contributed by atoms with Crippen LogP contribution in [0.15, 0.2) is 18.2 Å². The van der Waals surface area contributed by atoms with Crippen LogP contribution in [0.2, 0.25) is 5.02 Å². The van der Waals surface area contributed by atoms with Gasteiger partial charge in [0.15, 0.2) is 0 Å². The lowest BCUT2D eigenvalue weighted by Crippen LogP contribution is -2.34. The normalized spacial score (nSPS) is 21.4. The predicted octanol–water partition coefficient (Wildman–Crippen LogP) is 4.20. The molecule has 1 fully saturated rings. The van der Waals surface area contributed by atoms with E-state index in [9.17, 15) is 9.18 Å². The van der Waals surface area contributed by atoms with Crippen molar-refractivity contribution >= 4 is 23.3 Å². The molecule has 0 heterocycles. The van der Waals surface area contributed by atoms with Crippen molar-refractivity contribution in [2.75, 3.05) is 18.5 Å². The van der Waals surface area contributed by atoms with Gasteiger partial charge >= 0.3 is 6.03 Å². The molecule has 2 atom stereocenters. The summed E-state index contributed by atoms with van der Waals surface area (Å²) in [6.07, 6.45) is 5.09. The second-order valence-corrected chi connectivity index (χ2v) is 6.09. The molecular formula is C16H22ClFN2O2. The van der Waals surface area contributed by atoms with Crippen LogP contribution in [0.1, 0.15) is 32.6 Å². The van der Waals surface area contributed by atoms with Crippen molar-refractivity contribution in [2.24, 2.45) is 5.92 Å². The number of urea groups is 1. The maximum absolute atomic E-state index is 13.3. The number of carbonyl (C=O) groups excluding carboxylic acids is 1. The molecule has 122 valence electrons. The molecule has 0 radical (unpaired) electrons. The van der Waals surface area contributed by atoms with Gasteiger partial charge < -0.3 is 15.4 Å². The minimum absolute atomic E-state index is 0.0287. The molecule has 2 rings (SSSR count). The SMILES string of the molecule is C[C@@H]1CCCC[C@@H]1OCCNC(=O)Nc1ccc(Cl)c(F)c1. The molecule has 0 aliphatic heterocycles. The summed E-state index contributed by atoms with van der Waals surface area (Å²) in [5.74, 6) is 0.0219. The second kappa shape index (κ2) is 8.34. The highest BCUT2D eigenvalue weighted by molar-refractivity contribution is 6.30. The van der Waals surface area contributed by atoms with Gasteiger partial charge in [-0.25, -0.2) is 9.18 Å². The minimum atomic E-state index is -0.561. The van der Waals surface area contributed by atoms with Gasteiger partial charge in [-0.1, -0.05) is 31.4 Å². The summed E-state index contributed by atoms with van der Waals surface area (Å²) >= 11 is 5.59.